The number of amides is 1. The molecule has 0 atom stereocenters. The van der Waals surface area contributed by atoms with Gasteiger partial charge < -0.3 is 10.3 Å². The molecule has 0 bridgehead atoms. The zero-order valence-corrected chi connectivity index (χ0v) is 16.0. The van der Waals surface area contributed by atoms with Crippen molar-refractivity contribution in [3.05, 3.63) is 89.0 Å². The molecule has 0 aliphatic rings. The molecule has 138 valence electrons. The van der Waals surface area contributed by atoms with E-state index in [1.165, 1.54) is 6.08 Å². The normalized spacial score (nSPS) is 11.2. The minimum atomic E-state index is -0.195. The molecule has 0 spiro atoms. The van der Waals surface area contributed by atoms with E-state index in [4.69, 9.17) is 11.6 Å². The molecule has 2 N–H and O–H groups in total. The number of nitrogens with one attached hydrogen (secondary N) is 2. The lowest BCUT2D eigenvalue weighted by Crippen LogP contribution is -2.09. The smallest absolute Gasteiger partial charge is 0.248 e. The van der Waals surface area contributed by atoms with Crippen molar-refractivity contribution < 1.29 is 4.79 Å². The Bertz CT molecular complexity index is 1140. The van der Waals surface area contributed by atoms with Crippen LogP contribution in [0.15, 0.2) is 72.8 Å². The summed E-state index contributed by atoms with van der Waals surface area (Å²) in [5.74, 6) is 0.577. The maximum absolute atomic E-state index is 12.3. The third kappa shape index (κ3) is 3.97. The fourth-order valence-corrected chi connectivity index (χ4v) is 3.04. The molecule has 0 saturated carbocycles. The number of rotatable bonds is 4. The first kappa shape index (κ1) is 18.0. The summed E-state index contributed by atoms with van der Waals surface area (Å²) in [5.41, 5.74) is 5.45. The van der Waals surface area contributed by atoms with Crippen LogP contribution in [0.4, 0.5) is 5.69 Å². The Balaban J connectivity index is 1.55. The number of aromatic amines is 1. The molecular formula is C23H18ClN3O. The van der Waals surface area contributed by atoms with Crippen molar-refractivity contribution in [3.63, 3.8) is 0 Å². The molecular weight excluding hydrogens is 370 g/mol. The number of nitrogens with zero attached hydrogens (tertiary/aromatic N) is 1. The number of anilines is 1. The van der Waals surface area contributed by atoms with Crippen molar-refractivity contribution in [1.82, 2.24) is 9.97 Å². The van der Waals surface area contributed by atoms with E-state index in [-0.39, 0.29) is 5.91 Å². The topological polar surface area (TPSA) is 57.8 Å². The molecule has 3 aromatic carbocycles. The number of carbonyl (C=O) groups excluding carboxylic acids is 1. The number of halogens is 1. The average Bonchev–Trinajstić information content (AvgIpc) is 3.13. The van der Waals surface area contributed by atoms with Gasteiger partial charge in [-0.15, -0.1) is 0 Å². The molecule has 0 fully saturated rings. The van der Waals surface area contributed by atoms with Gasteiger partial charge in [0.25, 0.3) is 0 Å². The van der Waals surface area contributed by atoms with Gasteiger partial charge in [-0.25, -0.2) is 4.98 Å². The first-order valence-corrected chi connectivity index (χ1v) is 9.27. The van der Waals surface area contributed by atoms with Gasteiger partial charge in [-0.1, -0.05) is 48.0 Å². The first-order chi connectivity index (χ1) is 13.6. The number of imidazole rings is 1. The molecule has 0 saturated heterocycles. The number of hydrogen-bond donors (Lipinski definition) is 2. The molecule has 0 radical (unpaired) electrons. The molecule has 5 heteroatoms. The largest absolute Gasteiger partial charge is 0.338 e. The van der Waals surface area contributed by atoms with Crippen LogP contribution in [-0.2, 0) is 4.79 Å². The third-order valence-electron chi connectivity index (χ3n) is 4.46. The van der Waals surface area contributed by atoms with Crippen molar-refractivity contribution >= 4 is 40.3 Å². The quantitative estimate of drug-likeness (QED) is 0.432. The zero-order chi connectivity index (χ0) is 19.5. The van der Waals surface area contributed by atoms with Crippen LogP contribution in [0.3, 0.4) is 0 Å². The van der Waals surface area contributed by atoms with Crippen molar-refractivity contribution in [2.45, 2.75) is 6.92 Å². The van der Waals surface area contributed by atoms with Gasteiger partial charge in [0, 0.05) is 22.3 Å². The molecule has 28 heavy (non-hydrogen) atoms. The Labute approximate surface area is 167 Å². The second-order valence-electron chi connectivity index (χ2n) is 6.51. The third-order valence-corrected chi connectivity index (χ3v) is 4.71. The minimum absolute atomic E-state index is 0.195. The van der Waals surface area contributed by atoms with Crippen molar-refractivity contribution in [1.29, 1.82) is 0 Å². The number of fused-ring (bicyclic) bond motifs is 1. The lowest BCUT2D eigenvalue weighted by molar-refractivity contribution is -0.111. The number of aryl methyl sites for hydroxylation is 1. The molecule has 1 aromatic heterocycles. The predicted octanol–water partition coefficient (Wildman–Crippen LogP) is 5.84. The summed E-state index contributed by atoms with van der Waals surface area (Å²) in [6.07, 6.45) is 3.26. The van der Waals surface area contributed by atoms with E-state index in [0.717, 1.165) is 39.2 Å². The highest BCUT2D eigenvalue weighted by Crippen LogP contribution is 2.25. The second-order valence-corrected chi connectivity index (χ2v) is 6.94. The summed E-state index contributed by atoms with van der Waals surface area (Å²) >= 11 is 5.88. The highest BCUT2D eigenvalue weighted by Gasteiger charge is 2.08. The summed E-state index contributed by atoms with van der Waals surface area (Å²) < 4.78 is 0. The van der Waals surface area contributed by atoms with Gasteiger partial charge in [0.05, 0.1) is 11.0 Å². The fraction of sp³-hybridized carbons (Fsp3) is 0.0435. The molecule has 0 aliphatic heterocycles. The highest BCUT2D eigenvalue weighted by atomic mass is 35.5. The molecule has 0 unspecified atom stereocenters. The molecule has 0 aliphatic carbocycles. The van der Waals surface area contributed by atoms with E-state index in [2.05, 4.69) is 15.3 Å². The molecule has 1 heterocycles. The lowest BCUT2D eigenvalue weighted by atomic mass is 10.1. The summed E-state index contributed by atoms with van der Waals surface area (Å²) in [7, 11) is 0. The SMILES string of the molecule is Cc1ccc(-c2nc3ccccc3[nH]2)cc1NC(=O)C=Cc1ccc(Cl)cc1. The zero-order valence-electron chi connectivity index (χ0n) is 15.2. The van der Waals surface area contributed by atoms with Gasteiger partial charge >= 0.3 is 0 Å². The van der Waals surface area contributed by atoms with Crippen molar-refractivity contribution in [2.75, 3.05) is 5.32 Å². The van der Waals surface area contributed by atoms with E-state index >= 15 is 0 Å². The number of H-pyrrole nitrogens is 1. The minimum Gasteiger partial charge on any atom is -0.338 e. The fourth-order valence-electron chi connectivity index (χ4n) is 2.91. The summed E-state index contributed by atoms with van der Waals surface area (Å²) in [5, 5.41) is 3.61. The number of hydrogen-bond acceptors (Lipinski definition) is 2. The van der Waals surface area contributed by atoms with Gasteiger partial charge in [0.1, 0.15) is 5.82 Å². The van der Waals surface area contributed by atoms with Crippen LogP contribution in [-0.4, -0.2) is 15.9 Å². The second kappa shape index (κ2) is 7.71. The highest BCUT2D eigenvalue weighted by molar-refractivity contribution is 6.30. The Kier molecular flexibility index (Phi) is 4.96. The van der Waals surface area contributed by atoms with E-state index in [0.29, 0.717) is 5.02 Å². The Morgan fingerprint density at radius 2 is 1.86 bits per heavy atom. The Morgan fingerprint density at radius 1 is 1.07 bits per heavy atom. The lowest BCUT2D eigenvalue weighted by Gasteiger charge is -2.08. The average molecular weight is 388 g/mol. The number of benzene rings is 3. The molecule has 4 rings (SSSR count). The van der Waals surface area contributed by atoms with Gasteiger partial charge in [-0.3, -0.25) is 4.79 Å². The summed E-state index contributed by atoms with van der Waals surface area (Å²) in [6, 6.07) is 21.1. The number of carbonyl (C=O) groups is 1. The van der Waals surface area contributed by atoms with Crippen molar-refractivity contribution in [2.24, 2.45) is 0 Å². The molecule has 1 amide bonds. The number of para-hydroxylation sites is 2. The van der Waals surface area contributed by atoms with Crippen LogP contribution in [0, 0.1) is 6.92 Å². The first-order valence-electron chi connectivity index (χ1n) is 8.89. The van der Waals surface area contributed by atoms with Gasteiger partial charge in [-0.05, 0) is 54.5 Å². The number of aromatic nitrogens is 2. The van der Waals surface area contributed by atoms with Crippen LogP contribution in [0.5, 0.6) is 0 Å². The van der Waals surface area contributed by atoms with Gasteiger partial charge in [0.15, 0.2) is 0 Å². The summed E-state index contributed by atoms with van der Waals surface area (Å²) in [4.78, 5) is 20.3. The van der Waals surface area contributed by atoms with Gasteiger partial charge in [-0.2, -0.15) is 0 Å². The van der Waals surface area contributed by atoms with E-state index < -0.39 is 0 Å². The van der Waals surface area contributed by atoms with E-state index in [1.807, 2.05) is 61.5 Å². The maximum atomic E-state index is 12.3. The van der Waals surface area contributed by atoms with Crippen LogP contribution in [0.2, 0.25) is 5.02 Å². The van der Waals surface area contributed by atoms with Crippen LogP contribution in [0.1, 0.15) is 11.1 Å². The monoisotopic (exact) mass is 387 g/mol. The summed E-state index contributed by atoms with van der Waals surface area (Å²) in [6.45, 7) is 1.96. The van der Waals surface area contributed by atoms with Crippen molar-refractivity contribution in [3.8, 4) is 11.4 Å². The molecule has 4 nitrogen and oxygen atoms in total. The predicted molar refractivity (Wildman–Crippen MR) is 115 cm³/mol. The van der Waals surface area contributed by atoms with Crippen LogP contribution < -0.4 is 5.32 Å². The van der Waals surface area contributed by atoms with Crippen LogP contribution in [0.25, 0.3) is 28.5 Å². The maximum Gasteiger partial charge on any atom is 0.248 e. The van der Waals surface area contributed by atoms with E-state index in [1.54, 1.807) is 18.2 Å². The van der Waals surface area contributed by atoms with Crippen LogP contribution >= 0.6 is 11.6 Å². The van der Waals surface area contributed by atoms with Gasteiger partial charge in [0.2, 0.25) is 5.91 Å². The molecule has 4 aromatic rings. The Morgan fingerprint density at radius 3 is 2.64 bits per heavy atom. The van der Waals surface area contributed by atoms with E-state index in [9.17, 15) is 4.79 Å². The standard InChI is InChI=1S/C23H18ClN3O/c1-15-6-10-17(23-26-19-4-2-3-5-20(19)27-23)14-21(15)25-22(28)13-9-16-7-11-18(24)12-8-16/h2-14H,1H3,(H,25,28)(H,26,27). The Hall–Kier alpha value is -3.37.